The van der Waals surface area contributed by atoms with Crippen LogP contribution in [0, 0.1) is 0 Å². The molecule has 1 amide bonds. The maximum atomic E-state index is 11.8. The van der Waals surface area contributed by atoms with Crippen molar-refractivity contribution in [1.82, 2.24) is 39.5 Å². The van der Waals surface area contributed by atoms with Crippen molar-refractivity contribution in [1.29, 1.82) is 0 Å². The second kappa shape index (κ2) is 9.17. The number of carbonyl (C=O) groups is 1. The number of aromatic nitrogens is 6. The summed E-state index contributed by atoms with van der Waals surface area (Å²) in [6.07, 6.45) is 8.63. The van der Waals surface area contributed by atoms with Gasteiger partial charge in [0.05, 0.1) is 5.56 Å². The third kappa shape index (κ3) is 3.96. The van der Waals surface area contributed by atoms with E-state index in [0.717, 1.165) is 48.3 Å². The van der Waals surface area contributed by atoms with Gasteiger partial charge in [0.15, 0.2) is 17.3 Å². The Labute approximate surface area is 224 Å². The molecule has 1 atom stereocenters. The molecule has 1 aromatic carbocycles. The number of aryl methyl sites for hydroxylation is 1. The van der Waals surface area contributed by atoms with Gasteiger partial charge in [-0.25, -0.2) is 19.6 Å². The summed E-state index contributed by atoms with van der Waals surface area (Å²) in [6.45, 7) is 5.02. The number of imidazole rings is 1. The van der Waals surface area contributed by atoms with Crippen LogP contribution in [-0.4, -0.2) is 59.2 Å². The summed E-state index contributed by atoms with van der Waals surface area (Å²) < 4.78 is 3.79. The van der Waals surface area contributed by atoms with E-state index in [2.05, 4.69) is 44.7 Å². The lowest BCUT2D eigenvalue weighted by atomic mass is 10.0. The van der Waals surface area contributed by atoms with Gasteiger partial charge in [-0.1, -0.05) is 12.6 Å². The van der Waals surface area contributed by atoms with E-state index in [4.69, 9.17) is 15.7 Å². The van der Waals surface area contributed by atoms with Crippen LogP contribution in [0.1, 0.15) is 23.6 Å². The van der Waals surface area contributed by atoms with Gasteiger partial charge in [0.2, 0.25) is 5.91 Å². The summed E-state index contributed by atoms with van der Waals surface area (Å²) in [6, 6.07) is 16.6. The molecular weight excluding hydrogens is 490 g/mol. The largest absolute Gasteiger partial charge is 0.383 e. The molecule has 7 rings (SSSR count). The fourth-order valence-electron chi connectivity index (χ4n) is 5.60. The molecule has 1 saturated heterocycles. The first-order chi connectivity index (χ1) is 19.1. The predicted molar refractivity (Wildman–Crippen MR) is 148 cm³/mol. The van der Waals surface area contributed by atoms with E-state index in [9.17, 15) is 4.79 Å². The van der Waals surface area contributed by atoms with Crippen LogP contribution in [0.25, 0.3) is 34.1 Å². The molecule has 4 aromatic heterocycles. The number of carbonyl (C=O) groups excluding carboxylic acids is 1. The molecule has 1 aliphatic carbocycles. The molecule has 0 saturated carbocycles. The quantitative estimate of drug-likeness (QED) is 0.332. The normalized spacial score (nSPS) is 16.8. The van der Waals surface area contributed by atoms with Crippen molar-refractivity contribution in [2.24, 2.45) is 0 Å². The highest BCUT2D eigenvalue weighted by molar-refractivity contribution is 5.87. The van der Waals surface area contributed by atoms with Crippen molar-refractivity contribution in [2.75, 3.05) is 18.8 Å². The Morgan fingerprint density at radius 2 is 2.00 bits per heavy atom. The molecule has 3 N–H and O–H groups in total. The number of nitrogens with zero attached hydrogens (tertiary/aromatic N) is 7. The number of hydrogen-bond donors (Lipinski definition) is 2. The van der Waals surface area contributed by atoms with Crippen molar-refractivity contribution in [3.63, 3.8) is 0 Å². The number of nitrogens with one attached hydrogen (secondary N) is 1. The Bertz CT molecular complexity index is 1720. The van der Waals surface area contributed by atoms with Crippen LogP contribution in [0.15, 0.2) is 79.8 Å². The maximum absolute atomic E-state index is 11.8. The highest BCUT2D eigenvalue weighted by Crippen LogP contribution is 2.36. The second-order valence-electron chi connectivity index (χ2n) is 9.96. The minimum absolute atomic E-state index is 0.00791. The number of hydrogen-bond acceptors (Lipinski definition) is 7. The van der Waals surface area contributed by atoms with E-state index >= 15 is 0 Å². The minimum Gasteiger partial charge on any atom is -0.383 e. The molecule has 10 heteroatoms. The number of rotatable bonds is 6. The minimum atomic E-state index is -0.00791. The number of anilines is 1. The lowest BCUT2D eigenvalue weighted by molar-refractivity contribution is -0.130. The summed E-state index contributed by atoms with van der Waals surface area (Å²) in [5, 5.41) is 8.08. The molecule has 5 heterocycles. The average molecular weight is 518 g/mol. The van der Waals surface area contributed by atoms with E-state index in [0.29, 0.717) is 23.5 Å². The van der Waals surface area contributed by atoms with Gasteiger partial charge in [0.25, 0.3) is 0 Å². The molecule has 0 spiro atoms. The highest BCUT2D eigenvalue weighted by Gasteiger charge is 2.33. The number of fused-ring (bicyclic) bond motifs is 2. The molecule has 1 fully saturated rings. The number of nitrogens with two attached hydrogens (primary N) is 1. The molecule has 194 valence electrons. The van der Waals surface area contributed by atoms with Gasteiger partial charge in [-0.15, -0.1) is 0 Å². The summed E-state index contributed by atoms with van der Waals surface area (Å²) in [7, 11) is 0. The van der Waals surface area contributed by atoms with E-state index in [1.165, 1.54) is 17.2 Å². The fraction of sp³-hybridized carbons (Fsp3) is 0.207. The van der Waals surface area contributed by atoms with Crippen molar-refractivity contribution < 1.29 is 4.79 Å². The molecule has 2 aliphatic rings. The van der Waals surface area contributed by atoms with Crippen LogP contribution in [0.4, 0.5) is 5.82 Å². The first-order valence-electron chi connectivity index (χ1n) is 13.0. The van der Waals surface area contributed by atoms with Gasteiger partial charge in [0, 0.05) is 49.5 Å². The van der Waals surface area contributed by atoms with Gasteiger partial charge in [0.1, 0.15) is 11.3 Å². The van der Waals surface area contributed by atoms with Gasteiger partial charge >= 0.3 is 0 Å². The van der Waals surface area contributed by atoms with Crippen LogP contribution < -0.4 is 11.1 Å². The summed E-state index contributed by atoms with van der Waals surface area (Å²) in [5.74, 6) is 1.80. The summed E-state index contributed by atoms with van der Waals surface area (Å²) in [4.78, 5) is 27.8. The molecule has 5 aromatic rings. The molecule has 0 radical (unpaired) electrons. The average Bonchev–Trinajstić information content (AvgIpc) is 3.68. The lowest BCUT2D eigenvalue weighted by Crippen LogP contribution is -2.59. The van der Waals surface area contributed by atoms with Crippen LogP contribution in [0.3, 0.4) is 0 Å². The Morgan fingerprint density at radius 1 is 1.10 bits per heavy atom. The van der Waals surface area contributed by atoms with Crippen LogP contribution in [-0.2, 0) is 11.2 Å². The van der Waals surface area contributed by atoms with Crippen molar-refractivity contribution in [3.8, 4) is 22.9 Å². The maximum Gasteiger partial charge on any atom is 0.246 e. The van der Waals surface area contributed by atoms with E-state index in [1.807, 2.05) is 41.4 Å². The van der Waals surface area contributed by atoms with Gasteiger partial charge in [-0.05, 0) is 72.5 Å². The number of pyridine rings is 2. The smallest absolute Gasteiger partial charge is 0.246 e. The zero-order valence-corrected chi connectivity index (χ0v) is 21.2. The standard InChI is InChI=1S/C29H27N9O/c1-2-26(39)36-16-19(17-36)33-23-9-6-18-15-20(7-8-21(18)23)38-28(22-5-3-12-31-27(22)30)34-24-10-11-25(35-29(24)38)37-14-4-13-32-37/h2-5,7-8,10-15,19,23,33H,1,6,9,16-17H2,(H2,30,31). The van der Waals surface area contributed by atoms with Gasteiger partial charge in [-0.2, -0.15) is 5.10 Å². The third-order valence-electron chi connectivity index (χ3n) is 7.58. The molecule has 1 aliphatic heterocycles. The molecule has 10 nitrogen and oxygen atoms in total. The fourth-order valence-corrected chi connectivity index (χ4v) is 5.60. The van der Waals surface area contributed by atoms with E-state index in [1.54, 1.807) is 17.1 Å². The number of nitrogen functional groups attached to an aromatic ring is 1. The molecular formula is C29H27N9O. The highest BCUT2D eigenvalue weighted by atomic mass is 16.2. The Hall–Kier alpha value is -4.83. The van der Waals surface area contributed by atoms with Gasteiger partial charge < -0.3 is 16.0 Å². The Balaban J connectivity index is 1.27. The molecule has 39 heavy (non-hydrogen) atoms. The van der Waals surface area contributed by atoms with Crippen molar-refractivity contribution in [2.45, 2.75) is 24.9 Å². The lowest BCUT2D eigenvalue weighted by Gasteiger charge is -2.40. The molecule has 1 unspecified atom stereocenters. The zero-order chi connectivity index (χ0) is 26.5. The second-order valence-corrected chi connectivity index (χ2v) is 9.96. The van der Waals surface area contributed by atoms with E-state index < -0.39 is 0 Å². The van der Waals surface area contributed by atoms with Gasteiger partial charge in [-0.3, -0.25) is 9.36 Å². The zero-order valence-electron chi connectivity index (χ0n) is 21.2. The number of benzene rings is 1. The first-order valence-corrected chi connectivity index (χ1v) is 13.0. The molecule has 0 bridgehead atoms. The SMILES string of the molecule is C=CC(=O)N1CC(NC2CCc3cc(-n4c(-c5cccnc5N)nc5ccc(-n6cccn6)nc54)ccc32)C1. The van der Waals surface area contributed by atoms with Crippen LogP contribution in [0.5, 0.6) is 0 Å². The van der Waals surface area contributed by atoms with E-state index in [-0.39, 0.29) is 11.9 Å². The van der Waals surface area contributed by atoms with Crippen LogP contribution >= 0.6 is 0 Å². The third-order valence-corrected chi connectivity index (χ3v) is 7.58. The Kier molecular flexibility index (Phi) is 5.48. The van der Waals surface area contributed by atoms with Crippen molar-refractivity contribution in [3.05, 3.63) is 90.9 Å². The predicted octanol–water partition coefficient (Wildman–Crippen LogP) is 3.22. The monoisotopic (exact) mass is 517 g/mol. The summed E-state index contributed by atoms with van der Waals surface area (Å²) in [5.41, 5.74) is 12.1. The topological polar surface area (TPSA) is 120 Å². The first kappa shape index (κ1) is 23.3. The number of amides is 1. The van der Waals surface area contributed by atoms with Crippen molar-refractivity contribution >= 4 is 22.9 Å². The van der Waals surface area contributed by atoms with Crippen LogP contribution in [0.2, 0.25) is 0 Å². The summed E-state index contributed by atoms with van der Waals surface area (Å²) >= 11 is 0. The number of likely N-dealkylation sites (tertiary alicyclic amines) is 1. The Morgan fingerprint density at radius 3 is 2.79 bits per heavy atom.